The van der Waals surface area contributed by atoms with Gasteiger partial charge in [-0.1, -0.05) is 12.1 Å². The lowest BCUT2D eigenvalue weighted by atomic mass is 10.1. The molecule has 1 aromatic carbocycles. The van der Waals surface area contributed by atoms with Crippen molar-refractivity contribution in [1.82, 2.24) is 0 Å². The molecule has 0 aliphatic carbocycles. The van der Waals surface area contributed by atoms with Crippen LogP contribution in [0.2, 0.25) is 0 Å². The summed E-state index contributed by atoms with van der Waals surface area (Å²) in [4.78, 5) is 11.0. The summed E-state index contributed by atoms with van der Waals surface area (Å²) in [7, 11) is 1.30. The molecule has 5 heteroatoms. The van der Waals surface area contributed by atoms with Gasteiger partial charge in [-0.05, 0) is 24.1 Å². The minimum absolute atomic E-state index is 0. The Bertz CT molecular complexity index is 330. The lowest BCUT2D eigenvalue weighted by Crippen LogP contribution is -2.33. The number of aromatic hydroxyl groups is 1. The van der Waals surface area contributed by atoms with Crippen LogP contribution in [0.15, 0.2) is 24.3 Å². The summed E-state index contributed by atoms with van der Waals surface area (Å²) in [5.41, 5.74) is 6.36. The van der Waals surface area contributed by atoms with Gasteiger partial charge in [0.1, 0.15) is 11.8 Å². The van der Waals surface area contributed by atoms with Crippen LogP contribution >= 0.6 is 12.4 Å². The van der Waals surface area contributed by atoms with E-state index in [4.69, 9.17) is 10.8 Å². The summed E-state index contributed by atoms with van der Waals surface area (Å²) in [6.07, 6.45) is 0.362. The fourth-order valence-electron chi connectivity index (χ4n) is 1.17. The molecule has 0 radical (unpaired) electrons. The normalized spacial score (nSPS) is 11.3. The highest BCUT2D eigenvalue weighted by Crippen LogP contribution is 2.12. The van der Waals surface area contributed by atoms with Crippen molar-refractivity contribution in [2.45, 2.75) is 12.5 Å². The lowest BCUT2D eigenvalue weighted by molar-refractivity contribution is -0.142. The van der Waals surface area contributed by atoms with Gasteiger partial charge in [0.2, 0.25) is 0 Å². The molecule has 0 aliphatic rings. The quantitative estimate of drug-likeness (QED) is 0.757. The number of phenols is 1. The molecule has 3 N–H and O–H groups in total. The van der Waals surface area contributed by atoms with E-state index in [1.807, 2.05) is 0 Å². The first-order valence-electron chi connectivity index (χ1n) is 4.25. The number of carbonyl (C=O) groups excluding carboxylic acids is 1. The minimum atomic E-state index is -0.679. The highest BCUT2D eigenvalue weighted by Gasteiger charge is 2.13. The molecule has 1 aromatic rings. The van der Waals surface area contributed by atoms with Gasteiger partial charge < -0.3 is 15.6 Å². The maximum atomic E-state index is 11.0. The molecule has 0 saturated carbocycles. The van der Waals surface area contributed by atoms with Crippen molar-refractivity contribution in [1.29, 1.82) is 0 Å². The van der Waals surface area contributed by atoms with Crippen LogP contribution < -0.4 is 5.73 Å². The molecule has 0 amide bonds. The zero-order chi connectivity index (χ0) is 10.6. The average Bonchev–Trinajstić information content (AvgIpc) is 2.16. The molecule has 0 heterocycles. The number of hydrogen-bond donors (Lipinski definition) is 2. The summed E-state index contributed by atoms with van der Waals surface area (Å²) in [5.74, 6) is -0.284. The van der Waals surface area contributed by atoms with Crippen LogP contribution in [0.5, 0.6) is 5.75 Å². The molecule has 0 spiro atoms. The van der Waals surface area contributed by atoms with Gasteiger partial charge in [0, 0.05) is 0 Å². The third-order valence-corrected chi connectivity index (χ3v) is 1.87. The zero-order valence-electron chi connectivity index (χ0n) is 8.34. The van der Waals surface area contributed by atoms with Crippen molar-refractivity contribution >= 4 is 18.4 Å². The van der Waals surface area contributed by atoms with Gasteiger partial charge in [0.05, 0.1) is 7.11 Å². The third-order valence-electron chi connectivity index (χ3n) is 1.87. The van der Waals surface area contributed by atoms with Crippen LogP contribution in [0.4, 0.5) is 0 Å². The Balaban J connectivity index is 0.00000196. The van der Waals surface area contributed by atoms with Crippen LogP contribution in [0, 0.1) is 0 Å². The molecule has 4 nitrogen and oxygen atoms in total. The lowest BCUT2D eigenvalue weighted by Gasteiger charge is -2.08. The number of esters is 1. The Morgan fingerprint density at radius 1 is 1.60 bits per heavy atom. The second-order valence-corrected chi connectivity index (χ2v) is 3.00. The minimum Gasteiger partial charge on any atom is -0.508 e. The molecule has 0 saturated heterocycles. The number of ether oxygens (including phenoxy) is 1. The molecule has 0 aromatic heterocycles. The average molecular weight is 232 g/mol. The molecule has 0 unspecified atom stereocenters. The van der Waals surface area contributed by atoms with E-state index in [1.165, 1.54) is 7.11 Å². The zero-order valence-corrected chi connectivity index (χ0v) is 9.16. The number of hydrogen-bond acceptors (Lipinski definition) is 4. The molecular formula is C10H14ClNO3. The topological polar surface area (TPSA) is 72.5 Å². The maximum Gasteiger partial charge on any atom is 0.322 e. The van der Waals surface area contributed by atoms with Gasteiger partial charge in [-0.15, -0.1) is 12.4 Å². The Morgan fingerprint density at radius 3 is 2.80 bits per heavy atom. The van der Waals surface area contributed by atoms with Gasteiger partial charge in [-0.3, -0.25) is 4.79 Å². The van der Waals surface area contributed by atoms with E-state index in [0.717, 1.165) is 5.56 Å². The van der Waals surface area contributed by atoms with Gasteiger partial charge >= 0.3 is 5.97 Å². The maximum absolute atomic E-state index is 11.0. The van der Waals surface area contributed by atoms with E-state index in [9.17, 15) is 4.79 Å². The molecule has 84 valence electrons. The van der Waals surface area contributed by atoms with Crippen LogP contribution in [0.3, 0.4) is 0 Å². The Kier molecular flexibility index (Phi) is 5.74. The number of methoxy groups -OCH3 is 1. The highest BCUT2D eigenvalue weighted by atomic mass is 35.5. The molecule has 15 heavy (non-hydrogen) atoms. The smallest absolute Gasteiger partial charge is 0.322 e. The summed E-state index contributed by atoms with van der Waals surface area (Å²) in [6, 6.07) is 5.95. The SMILES string of the molecule is COC(=O)[C@@H](N)Cc1cccc(O)c1.Cl. The Labute approximate surface area is 94.5 Å². The van der Waals surface area contributed by atoms with Crippen molar-refractivity contribution in [3.63, 3.8) is 0 Å². The number of carbonyl (C=O) groups is 1. The van der Waals surface area contributed by atoms with Crippen LogP contribution in [0.1, 0.15) is 5.56 Å². The molecule has 1 atom stereocenters. The third kappa shape index (κ3) is 4.18. The summed E-state index contributed by atoms with van der Waals surface area (Å²) in [5, 5.41) is 9.16. The van der Waals surface area contributed by atoms with Crippen molar-refractivity contribution < 1.29 is 14.6 Å². The van der Waals surface area contributed by atoms with E-state index in [0.29, 0.717) is 6.42 Å². The van der Waals surface area contributed by atoms with Crippen molar-refractivity contribution in [3.8, 4) is 5.75 Å². The first-order valence-corrected chi connectivity index (χ1v) is 4.25. The van der Waals surface area contributed by atoms with E-state index in [2.05, 4.69) is 4.74 Å². The largest absolute Gasteiger partial charge is 0.508 e. The highest BCUT2D eigenvalue weighted by molar-refractivity contribution is 5.85. The fraction of sp³-hybridized carbons (Fsp3) is 0.300. The molecule has 0 bridgehead atoms. The van der Waals surface area contributed by atoms with Gasteiger partial charge in [0.25, 0.3) is 0 Å². The van der Waals surface area contributed by atoms with E-state index in [-0.39, 0.29) is 18.2 Å². The summed E-state index contributed by atoms with van der Waals surface area (Å²) >= 11 is 0. The summed E-state index contributed by atoms with van der Waals surface area (Å²) in [6.45, 7) is 0. The Hall–Kier alpha value is -1.26. The number of nitrogens with two attached hydrogens (primary N) is 1. The van der Waals surface area contributed by atoms with Crippen LogP contribution in [-0.2, 0) is 16.0 Å². The molecular weight excluding hydrogens is 218 g/mol. The van der Waals surface area contributed by atoms with Crippen LogP contribution in [-0.4, -0.2) is 24.2 Å². The van der Waals surface area contributed by atoms with Crippen molar-refractivity contribution in [2.75, 3.05) is 7.11 Å². The Morgan fingerprint density at radius 2 is 2.27 bits per heavy atom. The second kappa shape index (κ2) is 6.27. The van der Waals surface area contributed by atoms with E-state index >= 15 is 0 Å². The molecule has 0 fully saturated rings. The van der Waals surface area contributed by atoms with Gasteiger partial charge in [0.15, 0.2) is 0 Å². The predicted octanol–water partition coefficient (Wildman–Crippen LogP) is 0.857. The van der Waals surface area contributed by atoms with E-state index in [1.54, 1.807) is 24.3 Å². The number of rotatable bonds is 3. The van der Waals surface area contributed by atoms with Crippen LogP contribution in [0.25, 0.3) is 0 Å². The first kappa shape index (κ1) is 13.7. The second-order valence-electron chi connectivity index (χ2n) is 3.00. The fourth-order valence-corrected chi connectivity index (χ4v) is 1.17. The number of phenolic OH excluding ortho intramolecular Hbond substituents is 1. The van der Waals surface area contributed by atoms with Gasteiger partial charge in [-0.25, -0.2) is 0 Å². The predicted molar refractivity (Wildman–Crippen MR) is 59.1 cm³/mol. The number of benzene rings is 1. The molecule has 0 aliphatic heterocycles. The monoisotopic (exact) mass is 231 g/mol. The van der Waals surface area contributed by atoms with E-state index < -0.39 is 12.0 Å². The molecule has 1 rings (SSSR count). The van der Waals surface area contributed by atoms with Crippen molar-refractivity contribution in [2.24, 2.45) is 5.73 Å². The number of halogens is 1. The summed E-state index contributed by atoms with van der Waals surface area (Å²) < 4.78 is 4.49. The first-order chi connectivity index (χ1) is 6.63. The standard InChI is InChI=1S/C10H13NO3.ClH/c1-14-10(13)9(11)6-7-3-2-4-8(12)5-7;/h2-5,9,12H,6,11H2,1H3;1H/t9-;/m0./s1. The van der Waals surface area contributed by atoms with Gasteiger partial charge in [-0.2, -0.15) is 0 Å². The van der Waals surface area contributed by atoms with Crippen molar-refractivity contribution in [3.05, 3.63) is 29.8 Å².